The number of amides is 3. The number of rotatable bonds is 7. The number of halogens is 1. The number of anilines is 1. The highest BCUT2D eigenvalue weighted by Crippen LogP contribution is 2.27. The van der Waals surface area contributed by atoms with Crippen LogP contribution >= 0.6 is 11.6 Å². The van der Waals surface area contributed by atoms with Gasteiger partial charge in [0.25, 0.3) is 5.91 Å². The third-order valence-electron chi connectivity index (χ3n) is 6.74. The molecule has 3 aliphatic rings. The molecular weight excluding hydrogens is 476 g/mol. The van der Waals surface area contributed by atoms with E-state index in [1.165, 1.54) is 23.1 Å². The lowest BCUT2D eigenvalue weighted by Crippen LogP contribution is -2.54. The highest BCUT2D eigenvalue weighted by atomic mass is 35.5. The van der Waals surface area contributed by atoms with Crippen molar-refractivity contribution in [2.75, 3.05) is 12.3 Å². The van der Waals surface area contributed by atoms with Gasteiger partial charge in [0, 0.05) is 12.1 Å². The van der Waals surface area contributed by atoms with Gasteiger partial charge in [0.05, 0.1) is 23.2 Å². The molecule has 0 spiro atoms. The smallest absolute Gasteiger partial charge is 0.310 e. The first-order valence-corrected chi connectivity index (χ1v) is 12.4. The van der Waals surface area contributed by atoms with Crippen LogP contribution < -0.4 is 16.4 Å². The predicted molar refractivity (Wildman–Crippen MR) is 127 cm³/mol. The Hall–Kier alpha value is -2.85. The molecule has 2 saturated heterocycles. The number of cyclic esters (lactones) is 1. The molecule has 2 aliphatic heterocycles. The van der Waals surface area contributed by atoms with Gasteiger partial charge in [-0.2, -0.15) is 0 Å². The molecule has 0 aromatic heterocycles. The van der Waals surface area contributed by atoms with Crippen molar-refractivity contribution in [1.29, 1.82) is 0 Å². The van der Waals surface area contributed by atoms with E-state index in [0.717, 1.165) is 25.7 Å². The summed E-state index contributed by atoms with van der Waals surface area (Å²) in [6.45, 7) is 1.97. The predicted octanol–water partition coefficient (Wildman–Crippen LogP) is 1.75. The molecule has 190 valence electrons. The maximum absolute atomic E-state index is 13.1. The van der Waals surface area contributed by atoms with Crippen LogP contribution in [0.2, 0.25) is 5.02 Å². The van der Waals surface area contributed by atoms with Crippen molar-refractivity contribution in [3.8, 4) is 0 Å². The summed E-state index contributed by atoms with van der Waals surface area (Å²) in [5, 5.41) is 5.77. The number of benzene rings is 1. The summed E-state index contributed by atoms with van der Waals surface area (Å²) in [6.07, 6.45) is 4.34. The first-order chi connectivity index (χ1) is 16.7. The van der Waals surface area contributed by atoms with Crippen molar-refractivity contribution in [3.63, 3.8) is 0 Å². The van der Waals surface area contributed by atoms with Gasteiger partial charge in [0.15, 0.2) is 0 Å². The van der Waals surface area contributed by atoms with Gasteiger partial charge in [0.2, 0.25) is 18.1 Å². The number of nitrogens with one attached hydrogen (secondary N) is 2. The standard InChI is InChI=1S/C24H31ClN4O6/c1-13(27-21(31)14-8-9-17(26)16(25)11-14)23(33)29-10-4-7-19(29)22(32)28-18-12-20(30)35-24(18)34-15-5-2-3-6-15/h8-9,11,13,15,18-19,24H,2-7,10,12,26H2,1H3,(H,27,31)(H,28,32)/t13-,18-,19-,24+/m0/s1. The van der Waals surface area contributed by atoms with Gasteiger partial charge in [0.1, 0.15) is 18.1 Å². The molecule has 1 aromatic carbocycles. The van der Waals surface area contributed by atoms with Crippen LogP contribution in [0.3, 0.4) is 0 Å². The third-order valence-corrected chi connectivity index (χ3v) is 7.07. The molecular formula is C24H31ClN4O6. The van der Waals surface area contributed by atoms with Crippen molar-refractivity contribution in [2.24, 2.45) is 0 Å². The maximum atomic E-state index is 13.1. The second kappa shape index (κ2) is 10.8. The highest BCUT2D eigenvalue weighted by Gasteiger charge is 2.42. The monoisotopic (exact) mass is 506 g/mol. The molecule has 3 fully saturated rings. The van der Waals surface area contributed by atoms with E-state index in [1.54, 1.807) is 6.92 Å². The first kappa shape index (κ1) is 25.2. The van der Waals surface area contributed by atoms with Crippen LogP contribution in [0.25, 0.3) is 0 Å². The summed E-state index contributed by atoms with van der Waals surface area (Å²) in [5.41, 5.74) is 6.31. The minimum Gasteiger partial charge on any atom is -0.433 e. The Morgan fingerprint density at radius 1 is 1.20 bits per heavy atom. The van der Waals surface area contributed by atoms with E-state index in [0.29, 0.717) is 25.1 Å². The molecule has 0 bridgehead atoms. The fourth-order valence-corrected chi connectivity index (χ4v) is 5.01. The van der Waals surface area contributed by atoms with Gasteiger partial charge < -0.3 is 30.7 Å². The SMILES string of the molecule is C[C@H](NC(=O)c1ccc(N)c(Cl)c1)C(=O)N1CCC[C@H]1C(=O)N[C@H]1CC(=O)O[C@H]1OC1CCCC1. The van der Waals surface area contributed by atoms with Gasteiger partial charge in [-0.1, -0.05) is 24.4 Å². The number of nitrogens with zero attached hydrogens (tertiary/aromatic N) is 1. The van der Waals surface area contributed by atoms with Gasteiger partial charge >= 0.3 is 5.97 Å². The molecule has 4 atom stereocenters. The molecule has 1 aromatic rings. The van der Waals surface area contributed by atoms with Gasteiger partial charge in [-0.05, 0) is 50.8 Å². The maximum Gasteiger partial charge on any atom is 0.310 e. The molecule has 35 heavy (non-hydrogen) atoms. The fraction of sp³-hybridized carbons (Fsp3) is 0.583. The number of nitrogen functional groups attached to an aromatic ring is 1. The average Bonchev–Trinajstić information content (AvgIpc) is 3.57. The van der Waals surface area contributed by atoms with Gasteiger partial charge in [-0.3, -0.25) is 19.2 Å². The van der Waals surface area contributed by atoms with E-state index >= 15 is 0 Å². The molecule has 4 N–H and O–H groups in total. The summed E-state index contributed by atoms with van der Waals surface area (Å²) in [7, 11) is 0. The second-order valence-electron chi connectivity index (χ2n) is 9.34. The second-order valence-corrected chi connectivity index (χ2v) is 9.75. The zero-order valence-electron chi connectivity index (χ0n) is 19.6. The molecule has 2 heterocycles. The quantitative estimate of drug-likeness (QED) is 0.378. The lowest BCUT2D eigenvalue weighted by atomic mass is 10.1. The summed E-state index contributed by atoms with van der Waals surface area (Å²) < 4.78 is 11.2. The van der Waals surface area contributed by atoms with E-state index in [4.69, 9.17) is 26.8 Å². The van der Waals surface area contributed by atoms with Gasteiger partial charge in [-0.25, -0.2) is 0 Å². The van der Waals surface area contributed by atoms with Crippen LogP contribution in [0.4, 0.5) is 5.69 Å². The Labute approximate surface area is 208 Å². The van der Waals surface area contributed by atoms with E-state index in [-0.39, 0.29) is 34.9 Å². The van der Waals surface area contributed by atoms with Crippen molar-refractivity contribution in [3.05, 3.63) is 28.8 Å². The molecule has 3 amide bonds. The molecule has 10 nitrogen and oxygen atoms in total. The molecule has 1 aliphatic carbocycles. The lowest BCUT2D eigenvalue weighted by Gasteiger charge is -2.29. The Balaban J connectivity index is 1.35. The van der Waals surface area contributed by atoms with Gasteiger partial charge in [-0.15, -0.1) is 0 Å². The number of nitrogens with two attached hydrogens (primary N) is 1. The molecule has 0 unspecified atom stereocenters. The van der Waals surface area contributed by atoms with Crippen LogP contribution in [0.5, 0.6) is 0 Å². The number of carbonyl (C=O) groups is 4. The zero-order chi connectivity index (χ0) is 25.1. The van der Waals surface area contributed by atoms with E-state index in [1.807, 2.05) is 0 Å². The third kappa shape index (κ3) is 5.87. The number of esters is 1. The number of hydrogen-bond donors (Lipinski definition) is 3. The average molecular weight is 507 g/mol. The van der Waals surface area contributed by atoms with Crippen molar-refractivity contribution in [1.82, 2.24) is 15.5 Å². The number of carbonyl (C=O) groups excluding carboxylic acids is 4. The zero-order valence-corrected chi connectivity index (χ0v) is 20.4. The van der Waals surface area contributed by atoms with Crippen LogP contribution in [0.15, 0.2) is 18.2 Å². The van der Waals surface area contributed by atoms with Crippen LogP contribution in [-0.2, 0) is 23.9 Å². The van der Waals surface area contributed by atoms with Crippen LogP contribution in [-0.4, -0.2) is 65.7 Å². The van der Waals surface area contributed by atoms with E-state index in [9.17, 15) is 19.2 Å². The largest absolute Gasteiger partial charge is 0.433 e. The topological polar surface area (TPSA) is 140 Å². The summed E-state index contributed by atoms with van der Waals surface area (Å²) >= 11 is 5.99. The number of likely N-dealkylation sites (tertiary alicyclic amines) is 1. The summed E-state index contributed by atoms with van der Waals surface area (Å²) in [5.74, 6) is -1.61. The summed E-state index contributed by atoms with van der Waals surface area (Å²) in [6, 6.07) is 2.32. The fourth-order valence-electron chi connectivity index (χ4n) is 4.83. The Bertz CT molecular complexity index is 998. The minimum atomic E-state index is -0.859. The van der Waals surface area contributed by atoms with Crippen molar-refractivity contribution < 1.29 is 28.7 Å². The van der Waals surface area contributed by atoms with Crippen LogP contribution in [0, 0.1) is 0 Å². The Morgan fingerprint density at radius 3 is 2.66 bits per heavy atom. The van der Waals surface area contributed by atoms with E-state index in [2.05, 4.69) is 10.6 Å². The lowest BCUT2D eigenvalue weighted by molar-refractivity contribution is -0.176. The van der Waals surface area contributed by atoms with Crippen molar-refractivity contribution >= 4 is 41.0 Å². The molecule has 1 saturated carbocycles. The molecule has 4 rings (SSSR count). The normalized spacial score (nSPS) is 25.4. The highest BCUT2D eigenvalue weighted by molar-refractivity contribution is 6.33. The molecule has 0 radical (unpaired) electrons. The van der Waals surface area contributed by atoms with Crippen molar-refractivity contribution in [2.45, 2.75) is 82.4 Å². The summed E-state index contributed by atoms with van der Waals surface area (Å²) in [4.78, 5) is 52.1. The Kier molecular flexibility index (Phi) is 7.81. The van der Waals surface area contributed by atoms with Crippen LogP contribution in [0.1, 0.15) is 62.2 Å². The first-order valence-electron chi connectivity index (χ1n) is 12.0. The number of ether oxygens (including phenoxy) is 2. The molecule has 11 heteroatoms. The minimum absolute atomic E-state index is 0.0234. The van der Waals surface area contributed by atoms with E-state index < -0.39 is 36.3 Å². The Morgan fingerprint density at radius 2 is 1.94 bits per heavy atom. The number of hydrogen-bond acceptors (Lipinski definition) is 7.